The number of hydrogen-bond acceptors (Lipinski definition) is 9. The first kappa shape index (κ1) is 29.2. The van der Waals surface area contributed by atoms with Gasteiger partial charge in [-0.15, -0.1) is 0 Å². The van der Waals surface area contributed by atoms with Crippen molar-refractivity contribution in [3.8, 4) is 0 Å². The summed E-state index contributed by atoms with van der Waals surface area (Å²) in [6.07, 6.45) is 2.50. The van der Waals surface area contributed by atoms with Gasteiger partial charge in [0, 0.05) is 24.9 Å². The molecule has 11 heteroatoms. The lowest BCUT2D eigenvalue weighted by Crippen LogP contribution is -2.58. The van der Waals surface area contributed by atoms with E-state index in [1.54, 1.807) is 31.0 Å². The Labute approximate surface area is 234 Å². The summed E-state index contributed by atoms with van der Waals surface area (Å²) >= 11 is 0. The van der Waals surface area contributed by atoms with E-state index in [2.05, 4.69) is 10.3 Å². The van der Waals surface area contributed by atoms with Gasteiger partial charge in [-0.25, -0.2) is 9.79 Å². The smallest absolute Gasteiger partial charge is 0.337 e. The molecule has 2 amide bonds. The van der Waals surface area contributed by atoms with Gasteiger partial charge in [-0.2, -0.15) is 0 Å². The summed E-state index contributed by atoms with van der Waals surface area (Å²) in [5.41, 5.74) is 6.11. The normalized spacial score (nSPS) is 22.6. The number of carbonyl (C=O) groups excluding carboxylic acids is 3. The summed E-state index contributed by atoms with van der Waals surface area (Å²) in [5.74, 6) is -1.03. The van der Waals surface area contributed by atoms with Gasteiger partial charge in [-0.05, 0) is 44.4 Å². The number of nitrogens with one attached hydrogen (secondary N) is 1. The number of carbonyl (C=O) groups is 3. The maximum atomic E-state index is 13.9. The number of rotatable bonds is 11. The summed E-state index contributed by atoms with van der Waals surface area (Å²) in [6, 6.07) is 12.7. The Morgan fingerprint density at radius 2 is 1.93 bits per heavy atom. The van der Waals surface area contributed by atoms with E-state index in [4.69, 9.17) is 24.9 Å². The highest BCUT2D eigenvalue weighted by atomic mass is 16.5. The van der Waals surface area contributed by atoms with E-state index in [9.17, 15) is 14.4 Å². The third-order valence-electron chi connectivity index (χ3n) is 7.17. The van der Waals surface area contributed by atoms with Gasteiger partial charge in [-0.3, -0.25) is 14.6 Å². The first-order valence-corrected chi connectivity index (χ1v) is 13.5. The minimum atomic E-state index is -1.30. The molecule has 1 aromatic heterocycles. The molecule has 0 bridgehead atoms. The molecule has 214 valence electrons. The van der Waals surface area contributed by atoms with Gasteiger partial charge in [0.05, 0.1) is 25.9 Å². The lowest BCUT2D eigenvalue weighted by Gasteiger charge is -2.32. The Morgan fingerprint density at radius 3 is 2.60 bits per heavy atom. The second-order valence-corrected chi connectivity index (χ2v) is 10.2. The molecule has 0 spiro atoms. The maximum Gasteiger partial charge on any atom is 0.337 e. The summed E-state index contributed by atoms with van der Waals surface area (Å²) in [6.45, 7) is 3.99. The Hall–Kier alpha value is -3.83. The van der Waals surface area contributed by atoms with Gasteiger partial charge in [0.2, 0.25) is 23.3 Å². The van der Waals surface area contributed by atoms with E-state index in [0.29, 0.717) is 31.0 Å². The van der Waals surface area contributed by atoms with Crippen LogP contribution in [0.5, 0.6) is 0 Å². The average Bonchev–Trinajstić information content (AvgIpc) is 3.63. The molecular weight excluding hydrogens is 514 g/mol. The standard InChI is InChI=1S/C29H37N5O6/c1-19(30)25(35)32-24(20(2)39-17-21-10-5-4-6-11-21)27(36)34-15-9-13-23(34)26-33-29(18-40-26,28(37)38-3)16-22-12-7-8-14-31-22/h4-8,10-12,14,19-20,23-24H,9,13,15-18,30H2,1-3H3,(H,32,35)/t19-,20?,23-,24-,29+/m0/s1. The quantitative estimate of drug-likeness (QED) is 0.399. The van der Waals surface area contributed by atoms with Crippen molar-refractivity contribution in [1.29, 1.82) is 0 Å². The van der Waals surface area contributed by atoms with E-state index in [1.807, 2.05) is 42.5 Å². The van der Waals surface area contributed by atoms with Crippen LogP contribution in [-0.4, -0.2) is 83.6 Å². The number of likely N-dealkylation sites (tertiary alicyclic amines) is 1. The molecule has 4 rings (SSSR count). The van der Waals surface area contributed by atoms with Gasteiger partial charge in [0.1, 0.15) is 18.7 Å². The number of hydrogen-bond donors (Lipinski definition) is 2. The third kappa shape index (κ3) is 6.65. The fourth-order valence-corrected chi connectivity index (χ4v) is 4.93. The lowest BCUT2D eigenvalue weighted by molar-refractivity contribution is -0.147. The highest BCUT2D eigenvalue weighted by molar-refractivity contribution is 5.96. The molecule has 3 N–H and O–H groups in total. The maximum absolute atomic E-state index is 13.9. The van der Waals surface area contributed by atoms with Crippen molar-refractivity contribution < 1.29 is 28.6 Å². The highest BCUT2D eigenvalue weighted by Gasteiger charge is 2.49. The number of aliphatic imine (C=N–C) groups is 1. The zero-order chi connectivity index (χ0) is 28.7. The molecule has 1 fully saturated rings. The van der Waals surface area contributed by atoms with Crippen LogP contribution in [0.2, 0.25) is 0 Å². The Balaban J connectivity index is 1.55. The number of aromatic nitrogens is 1. The first-order valence-electron chi connectivity index (χ1n) is 13.5. The molecule has 11 nitrogen and oxygen atoms in total. The fourth-order valence-electron chi connectivity index (χ4n) is 4.93. The van der Waals surface area contributed by atoms with Gasteiger partial charge < -0.3 is 30.2 Å². The van der Waals surface area contributed by atoms with Crippen molar-refractivity contribution in [1.82, 2.24) is 15.2 Å². The first-order chi connectivity index (χ1) is 19.2. The number of benzene rings is 1. The molecule has 3 heterocycles. The number of amides is 2. The Morgan fingerprint density at radius 1 is 1.18 bits per heavy atom. The Kier molecular flexibility index (Phi) is 9.49. The van der Waals surface area contributed by atoms with Crippen LogP contribution >= 0.6 is 0 Å². The number of nitrogens with two attached hydrogens (primary N) is 1. The highest BCUT2D eigenvalue weighted by Crippen LogP contribution is 2.30. The van der Waals surface area contributed by atoms with Crippen LogP contribution < -0.4 is 11.1 Å². The van der Waals surface area contributed by atoms with Gasteiger partial charge in [0.15, 0.2) is 0 Å². The van der Waals surface area contributed by atoms with E-state index >= 15 is 0 Å². The molecule has 0 aliphatic carbocycles. The monoisotopic (exact) mass is 551 g/mol. The van der Waals surface area contributed by atoms with Gasteiger partial charge >= 0.3 is 5.97 Å². The SMILES string of the molecule is COC(=O)[C@@]1(Cc2ccccn2)COC([C@@H]2CCCN2C(=O)[C@@H](NC(=O)[C@H](C)N)C(C)OCc2ccccc2)=N1. The molecule has 0 saturated carbocycles. The minimum Gasteiger partial charge on any atom is -0.476 e. The molecule has 5 atom stereocenters. The molecule has 2 aromatic rings. The zero-order valence-corrected chi connectivity index (χ0v) is 23.1. The van der Waals surface area contributed by atoms with E-state index < -0.39 is 41.6 Å². The van der Waals surface area contributed by atoms with Crippen molar-refractivity contribution in [3.05, 3.63) is 66.0 Å². The van der Waals surface area contributed by atoms with Crippen LogP contribution in [0, 0.1) is 0 Å². The summed E-state index contributed by atoms with van der Waals surface area (Å²) in [5, 5.41) is 2.77. The van der Waals surface area contributed by atoms with Crippen LogP contribution in [0.3, 0.4) is 0 Å². The second kappa shape index (κ2) is 13.0. The van der Waals surface area contributed by atoms with E-state index in [0.717, 1.165) is 5.56 Å². The average molecular weight is 552 g/mol. The molecular formula is C29H37N5O6. The number of ether oxygens (including phenoxy) is 3. The van der Waals surface area contributed by atoms with E-state index in [-0.39, 0.29) is 25.5 Å². The second-order valence-electron chi connectivity index (χ2n) is 10.2. The number of nitrogens with zero attached hydrogens (tertiary/aromatic N) is 3. The topological polar surface area (TPSA) is 145 Å². The van der Waals surface area contributed by atoms with Gasteiger partial charge in [0.25, 0.3) is 0 Å². The molecule has 2 aliphatic heterocycles. The number of esters is 1. The van der Waals surface area contributed by atoms with Crippen LogP contribution in [0.4, 0.5) is 0 Å². The van der Waals surface area contributed by atoms with Crippen molar-refractivity contribution in [2.75, 3.05) is 20.3 Å². The van der Waals surface area contributed by atoms with Crippen LogP contribution in [0.15, 0.2) is 59.7 Å². The number of pyridine rings is 1. The Bertz CT molecular complexity index is 1210. The third-order valence-corrected chi connectivity index (χ3v) is 7.17. The largest absolute Gasteiger partial charge is 0.476 e. The van der Waals surface area contributed by atoms with Crippen molar-refractivity contribution in [2.24, 2.45) is 10.7 Å². The number of methoxy groups -OCH3 is 1. The van der Waals surface area contributed by atoms with Gasteiger partial charge in [-0.1, -0.05) is 36.4 Å². The van der Waals surface area contributed by atoms with Crippen molar-refractivity contribution in [2.45, 2.75) is 69.5 Å². The van der Waals surface area contributed by atoms with Crippen LogP contribution in [0.1, 0.15) is 37.9 Å². The van der Waals surface area contributed by atoms with Crippen molar-refractivity contribution in [3.63, 3.8) is 0 Å². The predicted molar refractivity (Wildman–Crippen MR) is 147 cm³/mol. The summed E-state index contributed by atoms with van der Waals surface area (Å²) in [7, 11) is 1.31. The molecule has 1 saturated heterocycles. The predicted octanol–water partition coefficient (Wildman–Crippen LogP) is 1.39. The lowest BCUT2D eigenvalue weighted by atomic mass is 9.95. The summed E-state index contributed by atoms with van der Waals surface area (Å²) in [4.78, 5) is 50.1. The zero-order valence-electron chi connectivity index (χ0n) is 23.1. The minimum absolute atomic E-state index is 0.0223. The molecule has 2 aliphatic rings. The molecule has 1 aromatic carbocycles. The van der Waals surface area contributed by atoms with Crippen molar-refractivity contribution >= 4 is 23.7 Å². The molecule has 1 unspecified atom stereocenters. The molecule has 40 heavy (non-hydrogen) atoms. The molecule has 0 radical (unpaired) electrons. The van der Waals surface area contributed by atoms with Crippen LogP contribution in [0.25, 0.3) is 0 Å². The summed E-state index contributed by atoms with van der Waals surface area (Å²) < 4.78 is 17.1. The van der Waals surface area contributed by atoms with E-state index in [1.165, 1.54) is 7.11 Å². The van der Waals surface area contributed by atoms with Crippen LogP contribution in [-0.2, 0) is 41.6 Å². The fraction of sp³-hybridized carbons (Fsp3) is 0.483.